The molecule has 454 valence electrons. The summed E-state index contributed by atoms with van der Waals surface area (Å²) in [7, 11) is 0. The quantitative estimate of drug-likeness (QED) is 0.254. The molecule has 8 atom stereocenters. The van der Waals surface area contributed by atoms with Crippen molar-refractivity contribution in [1.29, 1.82) is 5.26 Å². The van der Waals surface area contributed by atoms with E-state index in [1.807, 2.05) is 6.92 Å². The van der Waals surface area contributed by atoms with Crippen molar-refractivity contribution in [1.82, 2.24) is 5.32 Å². The Bertz CT molecular complexity index is 1490. The summed E-state index contributed by atoms with van der Waals surface area (Å²) in [6, 6.07) is 2.17. The minimum Gasteiger partial charge on any atom is -0.393 e. The zero-order valence-electron chi connectivity index (χ0n) is 56.0. The number of carbonyl (C=O) groups excluding carboxylic acids is 1. The van der Waals surface area contributed by atoms with Crippen molar-refractivity contribution < 1.29 is 34.0 Å². The van der Waals surface area contributed by atoms with E-state index in [4.69, 9.17) is 29.3 Å². The lowest BCUT2D eigenvalue weighted by molar-refractivity contribution is -0.119. The first-order valence-corrected chi connectivity index (χ1v) is 30.5. The Balaban J connectivity index is 0. The van der Waals surface area contributed by atoms with Gasteiger partial charge in [-0.1, -0.05) is 199 Å². The topological polar surface area (TPSA) is 130 Å². The van der Waals surface area contributed by atoms with E-state index < -0.39 is 0 Å². The second kappa shape index (κ2) is 34.2. The molecule has 6 rings (SSSR count). The Kier molecular flexibility index (Phi) is 34.6. The largest absolute Gasteiger partial charge is 0.393 e. The zero-order chi connectivity index (χ0) is 59.9. The molecule has 3 N–H and O–H groups in total. The molecule has 0 bridgehead atoms. The summed E-state index contributed by atoms with van der Waals surface area (Å²) in [5.74, 6) is 5.77. The van der Waals surface area contributed by atoms with Gasteiger partial charge in [0, 0.05) is 43.7 Å². The fraction of sp³-hybridized carbons (Fsp3) is 0.970. The molecule has 0 aromatic heterocycles. The molecule has 5 saturated heterocycles. The van der Waals surface area contributed by atoms with Crippen molar-refractivity contribution in [3.05, 3.63) is 0 Å². The van der Waals surface area contributed by atoms with Gasteiger partial charge in [-0.2, -0.15) is 5.26 Å². The van der Waals surface area contributed by atoms with Gasteiger partial charge in [0.2, 0.25) is 5.91 Å². The molecule has 1 saturated carbocycles. The molecule has 9 nitrogen and oxygen atoms in total. The monoisotopic (exact) mass is 1080 g/mol. The Morgan fingerprint density at radius 3 is 1.24 bits per heavy atom. The molecule has 8 unspecified atom stereocenters. The maximum Gasteiger partial charge on any atom is 0.220 e. The van der Waals surface area contributed by atoms with E-state index in [0.29, 0.717) is 71.6 Å². The predicted molar refractivity (Wildman–Crippen MR) is 325 cm³/mol. The first-order valence-electron chi connectivity index (χ1n) is 30.5. The lowest BCUT2D eigenvalue weighted by Crippen LogP contribution is -2.38. The summed E-state index contributed by atoms with van der Waals surface area (Å²) in [6.07, 6.45) is 12.3. The molecule has 6 fully saturated rings. The van der Waals surface area contributed by atoms with E-state index in [9.17, 15) is 9.90 Å². The highest BCUT2D eigenvalue weighted by atomic mass is 16.5. The van der Waals surface area contributed by atoms with E-state index in [1.54, 1.807) is 0 Å². The van der Waals surface area contributed by atoms with Crippen LogP contribution >= 0.6 is 0 Å². The number of aliphatic hydroxyl groups is 2. The van der Waals surface area contributed by atoms with Crippen LogP contribution in [0.2, 0.25) is 0 Å². The summed E-state index contributed by atoms with van der Waals surface area (Å²) in [5, 5.41) is 29.5. The van der Waals surface area contributed by atoms with Crippen LogP contribution in [0.5, 0.6) is 0 Å². The molecule has 5 aliphatic heterocycles. The van der Waals surface area contributed by atoms with Crippen LogP contribution in [0.15, 0.2) is 0 Å². The fourth-order valence-electron chi connectivity index (χ4n) is 10.3. The average Bonchev–Trinajstić information content (AvgIpc) is 3.97. The molecule has 1 amide bonds. The molecular formula is C67H134N2O7. The van der Waals surface area contributed by atoms with E-state index in [2.05, 4.69) is 198 Å². The number of nitriles is 1. The molecule has 0 spiro atoms. The Morgan fingerprint density at radius 1 is 0.605 bits per heavy atom. The molecule has 0 radical (unpaired) electrons. The highest BCUT2D eigenvalue weighted by Crippen LogP contribution is 2.39. The second-order valence-corrected chi connectivity index (χ2v) is 33.1. The minimum atomic E-state index is -0.250. The summed E-state index contributed by atoms with van der Waals surface area (Å²) >= 11 is 0. The molecule has 6 aliphatic rings. The lowest BCUT2D eigenvalue weighted by Gasteiger charge is -2.39. The van der Waals surface area contributed by atoms with Gasteiger partial charge in [-0.15, -0.1) is 0 Å². The van der Waals surface area contributed by atoms with Gasteiger partial charge in [-0.05, 0) is 119 Å². The van der Waals surface area contributed by atoms with Gasteiger partial charge >= 0.3 is 0 Å². The van der Waals surface area contributed by atoms with Crippen LogP contribution in [0.3, 0.4) is 0 Å². The van der Waals surface area contributed by atoms with Crippen LogP contribution in [0.1, 0.15) is 258 Å². The van der Waals surface area contributed by atoms with E-state index in [1.165, 1.54) is 44.9 Å². The Hall–Kier alpha value is -1.28. The van der Waals surface area contributed by atoms with Crippen LogP contribution < -0.4 is 5.32 Å². The van der Waals surface area contributed by atoms with Crippen LogP contribution in [0.25, 0.3) is 0 Å². The first-order chi connectivity index (χ1) is 34.1. The van der Waals surface area contributed by atoms with Crippen LogP contribution in [-0.2, 0) is 23.7 Å². The zero-order valence-corrected chi connectivity index (χ0v) is 56.0. The fourth-order valence-corrected chi connectivity index (χ4v) is 10.3. The predicted octanol–water partition coefficient (Wildman–Crippen LogP) is 17.0. The van der Waals surface area contributed by atoms with E-state index in [-0.39, 0.29) is 39.8 Å². The normalized spacial score (nSPS) is 24.9. The van der Waals surface area contributed by atoms with Crippen LogP contribution in [-0.4, -0.2) is 87.2 Å². The van der Waals surface area contributed by atoms with Gasteiger partial charge in [-0.25, -0.2) is 0 Å². The molecule has 1 aliphatic carbocycles. The maximum atomic E-state index is 10.8. The second-order valence-electron chi connectivity index (χ2n) is 33.1. The summed E-state index contributed by atoms with van der Waals surface area (Å²) < 4.78 is 20.9. The molecule has 76 heavy (non-hydrogen) atoms. The number of hydrogen-bond donors (Lipinski definition) is 3. The highest BCUT2D eigenvalue weighted by molar-refractivity contribution is 5.78. The lowest BCUT2D eigenvalue weighted by atomic mass is 9.72. The van der Waals surface area contributed by atoms with Crippen molar-refractivity contribution in [2.75, 3.05) is 52.8 Å². The standard InChI is InChI=1S/C10H20.2C9H18O.C8H15NO.C8H15N.C8H16O2.C8H16O.C7H16O/c1-10(2,3)9-7-5-4-6-8-9;1-7(9(2,3)4)8-5-10-6-8;1-7-8(5-6-10-7)9(2,3)4;1-8(2,3)6-4-7(10)9-5-6;1-7(5-6-9)8(2,3)4;1-8(2,3)6-4-10-5-7(6)9;1-8(2,3)4-7-5-9-6-7;1-6(8)5-7(2,3)4/h9H,4-8H2,1-3H3;2*7-8H,5-6H2,1-4H3;6H,4-5H2,1-3H3,(H,9,10);7H,5H2,1-4H3;6-7,9H,4-5H2,1-3H3;7H,4-6H2,1-3H3;6,8H,5H2,1-4H3. The van der Waals surface area contributed by atoms with Crippen molar-refractivity contribution in [2.45, 2.75) is 276 Å². The van der Waals surface area contributed by atoms with Crippen LogP contribution in [0.4, 0.5) is 0 Å². The number of aliphatic hydroxyl groups excluding tert-OH is 2. The molecule has 0 aromatic carbocycles. The van der Waals surface area contributed by atoms with Crippen molar-refractivity contribution in [3.8, 4) is 6.07 Å². The number of rotatable bonds is 4. The summed E-state index contributed by atoms with van der Waals surface area (Å²) in [5.41, 5.74) is 2.96. The number of ether oxygens (including phenoxy) is 4. The average molecular weight is 1080 g/mol. The third kappa shape index (κ3) is 36.9. The van der Waals surface area contributed by atoms with Crippen LogP contribution in [0, 0.1) is 102 Å². The molecule has 5 heterocycles. The smallest absolute Gasteiger partial charge is 0.220 e. The van der Waals surface area contributed by atoms with Gasteiger partial charge < -0.3 is 34.5 Å². The molecule has 0 aromatic rings. The third-order valence-electron chi connectivity index (χ3n) is 16.8. The number of hydrogen-bond acceptors (Lipinski definition) is 8. The minimum absolute atomic E-state index is 0.157. The number of nitrogens with one attached hydrogen (secondary N) is 1. The van der Waals surface area contributed by atoms with E-state index in [0.717, 1.165) is 75.6 Å². The number of carbonyl (C=O) groups is 1. The van der Waals surface area contributed by atoms with Crippen molar-refractivity contribution in [2.24, 2.45) is 90.7 Å². The maximum absolute atomic E-state index is 10.8. The van der Waals surface area contributed by atoms with Gasteiger partial charge in [0.15, 0.2) is 0 Å². The van der Waals surface area contributed by atoms with Gasteiger partial charge in [0.25, 0.3) is 0 Å². The van der Waals surface area contributed by atoms with Gasteiger partial charge in [0.05, 0.1) is 64.0 Å². The van der Waals surface area contributed by atoms with Gasteiger partial charge in [0.1, 0.15) is 0 Å². The van der Waals surface area contributed by atoms with Crippen molar-refractivity contribution >= 4 is 5.91 Å². The first kappa shape index (κ1) is 76.8. The third-order valence-corrected chi connectivity index (χ3v) is 16.8. The summed E-state index contributed by atoms with van der Waals surface area (Å²) in [6.45, 7) is 69.0. The Morgan fingerprint density at radius 2 is 1.08 bits per heavy atom. The molecule has 9 heteroatoms. The van der Waals surface area contributed by atoms with Crippen molar-refractivity contribution in [3.63, 3.8) is 0 Å². The SMILES string of the molecule is CC(C)(C)C1CCCCC1.CC(C)(C)C1CNC(=O)C1.CC(C)(C)C1COCC1O.CC(C)(C)CC1COC1.CC(C1COC1)C(C)(C)C.CC(CC#N)C(C)(C)C.CC(O)CC(C)(C)C.CC1OCCC1C(C)(C)C. The highest BCUT2D eigenvalue weighted by Gasteiger charge is 2.37. The van der Waals surface area contributed by atoms with Gasteiger partial charge in [-0.3, -0.25) is 4.79 Å². The van der Waals surface area contributed by atoms with E-state index >= 15 is 0 Å². The Labute approximate surface area is 474 Å². The summed E-state index contributed by atoms with van der Waals surface area (Å²) in [4.78, 5) is 10.8. The molecular weight excluding hydrogens is 945 g/mol. The number of amides is 1. The number of nitrogens with zero attached hydrogens (tertiary/aromatic N) is 1.